The summed E-state index contributed by atoms with van der Waals surface area (Å²) in [6, 6.07) is -1.67. The number of hydrogen-bond acceptors (Lipinski definition) is 3. The molecule has 1 aliphatic carbocycles. The van der Waals surface area contributed by atoms with Crippen molar-refractivity contribution in [1.82, 2.24) is 10.2 Å². The molecule has 1 saturated carbocycles. The molecule has 130 valence electrons. The summed E-state index contributed by atoms with van der Waals surface area (Å²) in [4.78, 5) is 37.6. The van der Waals surface area contributed by atoms with Crippen molar-refractivity contribution in [2.24, 2.45) is 17.3 Å². The number of hydrogen-bond donors (Lipinski definition) is 2. The highest BCUT2D eigenvalue weighted by atomic mass is 16.4. The number of carboxylic acids is 1. The molecule has 2 rings (SSSR count). The minimum absolute atomic E-state index is 0.175. The van der Waals surface area contributed by atoms with Crippen LogP contribution in [0.2, 0.25) is 0 Å². The fraction of sp³-hybridized carbons (Fsp3) is 0.824. The zero-order chi connectivity index (χ0) is 17.6. The normalized spacial score (nSPS) is 30.0. The lowest BCUT2D eigenvalue weighted by Crippen LogP contribution is -2.52. The van der Waals surface area contributed by atoms with Crippen LogP contribution in [0, 0.1) is 17.3 Å². The van der Waals surface area contributed by atoms with Crippen molar-refractivity contribution in [3.05, 3.63) is 0 Å². The molecule has 1 atom stereocenters. The van der Waals surface area contributed by atoms with Crippen molar-refractivity contribution < 1.29 is 19.5 Å². The number of nitrogens with zero attached hydrogens (tertiary/aromatic N) is 1. The monoisotopic (exact) mass is 324 g/mol. The van der Waals surface area contributed by atoms with Gasteiger partial charge in [-0.2, -0.15) is 0 Å². The Balaban J connectivity index is 2.21. The second-order valence-electron chi connectivity index (χ2n) is 8.35. The number of carbonyl (C=O) groups excluding carboxylic acids is 2. The largest absolute Gasteiger partial charge is 0.480 e. The van der Waals surface area contributed by atoms with E-state index in [9.17, 15) is 19.5 Å². The third-order valence-corrected chi connectivity index (χ3v) is 5.42. The minimum Gasteiger partial charge on any atom is -0.480 e. The van der Waals surface area contributed by atoms with Crippen molar-refractivity contribution in [2.45, 2.75) is 71.9 Å². The fourth-order valence-electron chi connectivity index (χ4n) is 3.90. The van der Waals surface area contributed by atoms with E-state index in [1.165, 1.54) is 0 Å². The molecule has 1 aliphatic heterocycles. The maximum atomic E-state index is 12.9. The van der Waals surface area contributed by atoms with E-state index in [0.29, 0.717) is 18.8 Å². The van der Waals surface area contributed by atoms with Crippen LogP contribution >= 0.6 is 0 Å². The van der Waals surface area contributed by atoms with Gasteiger partial charge in [-0.25, -0.2) is 14.5 Å². The van der Waals surface area contributed by atoms with Gasteiger partial charge in [0.2, 0.25) is 0 Å². The minimum atomic E-state index is -1.14. The van der Waals surface area contributed by atoms with E-state index in [2.05, 4.69) is 26.1 Å². The maximum Gasteiger partial charge on any atom is 0.327 e. The van der Waals surface area contributed by atoms with E-state index >= 15 is 0 Å². The highest BCUT2D eigenvalue weighted by molar-refractivity contribution is 6.09. The first-order valence-electron chi connectivity index (χ1n) is 8.38. The number of carboxylic acid groups (broad SMARTS) is 1. The molecule has 1 spiro atoms. The lowest BCUT2D eigenvalue weighted by molar-refractivity contribution is -0.150. The average molecular weight is 324 g/mol. The second-order valence-corrected chi connectivity index (χ2v) is 8.35. The number of imide groups is 1. The van der Waals surface area contributed by atoms with Gasteiger partial charge in [0.1, 0.15) is 11.6 Å². The third-order valence-electron chi connectivity index (χ3n) is 5.42. The Labute approximate surface area is 137 Å². The molecule has 1 heterocycles. The van der Waals surface area contributed by atoms with Gasteiger partial charge in [-0.15, -0.1) is 0 Å². The van der Waals surface area contributed by atoms with E-state index in [0.717, 1.165) is 17.7 Å². The van der Waals surface area contributed by atoms with Crippen LogP contribution in [0.3, 0.4) is 0 Å². The van der Waals surface area contributed by atoms with Gasteiger partial charge < -0.3 is 10.4 Å². The van der Waals surface area contributed by atoms with Crippen molar-refractivity contribution >= 4 is 17.9 Å². The summed E-state index contributed by atoms with van der Waals surface area (Å²) >= 11 is 0. The summed E-state index contributed by atoms with van der Waals surface area (Å²) in [5, 5.41) is 12.2. The van der Waals surface area contributed by atoms with Gasteiger partial charge in [-0.1, -0.05) is 34.6 Å². The molecular formula is C17H28N2O4. The van der Waals surface area contributed by atoms with Crippen molar-refractivity contribution in [1.29, 1.82) is 0 Å². The zero-order valence-electron chi connectivity index (χ0n) is 14.7. The Kier molecular flexibility index (Phi) is 4.48. The summed E-state index contributed by atoms with van der Waals surface area (Å²) in [6.07, 6.45) is 2.90. The van der Waals surface area contributed by atoms with Gasteiger partial charge in [0.25, 0.3) is 5.91 Å². The van der Waals surface area contributed by atoms with E-state index in [4.69, 9.17) is 0 Å². The molecule has 0 bridgehead atoms. The number of rotatable bonds is 3. The van der Waals surface area contributed by atoms with E-state index < -0.39 is 23.6 Å². The van der Waals surface area contributed by atoms with Crippen LogP contribution < -0.4 is 5.32 Å². The molecule has 0 aromatic carbocycles. The van der Waals surface area contributed by atoms with Gasteiger partial charge in [-0.05, 0) is 42.9 Å². The van der Waals surface area contributed by atoms with Gasteiger partial charge >= 0.3 is 12.0 Å². The standard InChI is InChI=1S/C17H28N2O4/c1-10(2)12(13(20)21)19-14(22)17(18-15(19)23)8-6-11(7-9-17)16(3,4)5/h10-12H,6-9H2,1-5H3,(H,18,23)(H,20,21). The molecule has 0 radical (unpaired) electrons. The number of urea groups is 1. The number of carbonyl (C=O) groups is 3. The molecule has 0 aromatic heterocycles. The van der Waals surface area contributed by atoms with E-state index in [1.54, 1.807) is 13.8 Å². The number of aliphatic carboxylic acids is 1. The molecule has 0 aromatic rings. The predicted octanol–water partition coefficient (Wildman–Crippen LogP) is 2.62. The Morgan fingerprint density at radius 2 is 1.78 bits per heavy atom. The van der Waals surface area contributed by atoms with Gasteiger partial charge in [0.05, 0.1) is 0 Å². The Hall–Kier alpha value is -1.59. The van der Waals surface area contributed by atoms with E-state index in [1.807, 2.05) is 0 Å². The molecule has 6 heteroatoms. The van der Waals surface area contributed by atoms with Gasteiger partial charge in [-0.3, -0.25) is 4.79 Å². The summed E-state index contributed by atoms with van der Waals surface area (Å²) in [5.74, 6) is -1.32. The lowest BCUT2D eigenvalue weighted by atomic mass is 9.67. The van der Waals surface area contributed by atoms with Gasteiger partial charge in [0, 0.05) is 0 Å². The third kappa shape index (κ3) is 3.08. The van der Waals surface area contributed by atoms with Crippen molar-refractivity contribution in [3.63, 3.8) is 0 Å². The van der Waals surface area contributed by atoms with Crippen LogP contribution in [0.25, 0.3) is 0 Å². The first-order valence-corrected chi connectivity index (χ1v) is 8.38. The fourth-order valence-corrected chi connectivity index (χ4v) is 3.90. The van der Waals surface area contributed by atoms with Crippen LogP contribution in [0.15, 0.2) is 0 Å². The first kappa shape index (κ1) is 17.8. The predicted molar refractivity (Wildman–Crippen MR) is 85.8 cm³/mol. The molecule has 2 fully saturated rings. The summed E-state index contributed by atoms with van der Waals surface area (Å²) < 4.78 is 0. The SMILES string of the molecule is CC(C)C(C(=O)O)N1C(=O)NC2(CCC(C(C)(C)C)CC2)C1=O. The van der Waals surface area contributed by atoms with Gasteiger partial charge in [0.15, 0.2) is 0 Å². The summed E-state index contributed by atoms with van der Waals surface area (Å²) in [6.45, 7) is 9.99. The molecule has 2 N–H and O–H groups in total. The Bertz CT molecular complexity index is 513. The lowest BCUT2D eigenvalue weighted by Gasteiger charge is -2.40. The molecule has 6 nitrogen and oxygen atoms in total. The number of nitrogens with one attached hydrogen (secondary N) is 1. The van der Waals surface area contributed by atoms with Crippen molar-refractivity contribution in [2.75, 3.05) is 0 Å². The van der Waals surface area contributed by atoms with Crippen LogP contribution in [-0.4, -0.2) is 39.5 Å². The highest BCUT2D eigenvalue weighted by Crippen LogP contribution is 2.43. The molecule has 1 saturated heterocycles. The van der Waals surface area contributed by atoms with Crippen molar-refractivity contribution in [3.8, 4) is 0 Å². The zero-order valence-corrected chi connectivity index (χ0v) is 14.7. The van der Waals surface area contributed by atoms with Crippen LogP contribution in [0.1, 0.15) is 60.3 Å². The average Bonchev–Trinajstić information content (AvgIpc) is 2.62. The summed E-state index contributed by atoms with van der Waals surface area (Å²) in [5.41, 5.74) is -0.726. The highest BCUT2D eigenvalue weighted by Gasteiger charge is 2.56. The van der Waals surface area contributed by atoms with E-state index in [-0.39, 0.29) is 17.2 Å². The topological polar surface area (TPSA) is 86.7 Å². The maximum absolute atomic E-state index is 12.9. The molecule has 2 aliphatic rings. The second kappa shape index (κ2) is 5.80. The molecule has 1 unspecified atom stereocenters. The quantitative estimate of drug-likeness (QED) is 0.781. The van der Waals surface area contributed by atoms with Crippen LogP contribution in [0.5, 0.6) is 0 Å². The molecular weight excluding hydrogens is 296 g/mol. The molecule has 23 heavy (non-hydrogen) atoms. The first-order chi connectivity index (χ1) is 10.5. The summed E-state index contributed by atoms with van der Waals surface area (Å²) in [7, 11) is 0. The molecule has 3 amide bonds. The number of amides is 3. The smallest absolute Gasteiger partial charge is 0.327 e. The van der Waals surface area contributed by atoms with Crippen LogP contribution in [0.4, 0.5) is 4.79 Å². The Morgan fingerprint density at radius 3 is 2.17 bits per heavy atom. The van der Waals surface area contributed by atoms with Crippen LogP contribution in [-0.2, 0) is 9.59 Å². The Morgan fingerprint density at radius 1 is 1.26 bits per heavy atom.